The van der Waals surface area contributed by atoms with Crippen molar-refractivity contribution in [3.8, 4) is 5.75 Å². The average molecular weight is 248 g/mol. The Kier molecular flexibility index (Phi) is 4.12. The molecular formula is C15H24N2O. The maximum Gasteiger partial charge on any atom is 0.143 e. The van der Waals surface area contributed by atoms with Gasteiger partial charge in [0.2, 0.25) is 0 Å². The second-order valence-electron chi connectivity index (χ2n) is 5.29. The lowest BCUT2D eigenvalue weighted by Crippen LogP contribution is -2.44. The summed E-state index contributed by atoms with van der Waals surface area (Å²) in [6.07, 6.45) is 1.31. The zero-order valence-corrected chi connectivity index (χ0v) is 11.6. The van der Waals surface area contributed by atoms with E-state index in [0.29, 0.717) is 12.5 Å². The second kappa shape index (κ2) is 5.61. The standard InChI is InChI=1S/C15H24N2O/c1-4-12-5-6-14-13(9-12)17(8-7-16)10-15(18-14)11(2)3/h5-6,9,11,15H,4,7-8,10,16H2,1-3H3. The zero-order valence-electron chi connectivity index (χ0n) is 11.6. The van der Waals surface area contributed by atoms with Crippen LogP contribution in [0.5, 0.6) is 5.75 Å². The minimum atomic E-state index is 0.261. The van der Waals surface area contributed by atoms with E-state index in [1.165, 1.54) is 11.3 Å². The van der Waals surface area contributed by atoms with Gasteiger partial charge in [-0.1, -0.05) is 26.8 Å². The molecule has 0 bridgehead atoms. The van der Waals surface area contributed by atoms with Gasteiger partial charge in [0.25, 0.3) is 0 Å². The number of hydrogen-bond acceptors (Lipinski definition) is 3. The number of ether oxygens (including phenoxy) is 1. The lowest BCUT2D eigenvalue weighted by Gasteiger charge is -2.38. The first kappa shape index (κ1) is 13.2. The summed E-state index contributed by atoms with van der Waals surface area (Å²) < 4.78 is 6.09. The third kappa shape index (κ3) is 2.61. The van der Waals surface area contributed by atoms with Crippen LogP contribution in [0.25, 0.3) is 0 Å². The SMILES string of the molecule is CCc1ccc2c(c1)N(CCN)CC(C(C)C)O2. The summed E-state index contributed by atoms with van der Waals surface area (Å²) in [6.45, 7) is 9.10. The number of hydrogen-bond donors (Lipinski definition) is 1. The van der Waals surface area contributed by atoms with Crippen LogP contribution in [0.4, 0.5) is 5.69 Å². The molecule has 100 valence electrons. The van der Waals surface area contributed by atoms with Crippen LogP contribution in [-0.4, -0.2) is 25.7 Å². The Bertz CT molecular complexity index is 403. The molecule has 0 radical (unpaired) electrons. The highest BCUT2D eigenvalue weighted by molar-refractivity contribution is 5.61. The molecule has 0 aliphatic carbocycles. The summed E-state index contributed by atoms with van der Waals surface area (Å²) in [5, 5.41) is 0. The smallest absolute Gasteiger partial charge is 0.143 e. The highest BCUT2D eigenvalue weighted by Crippen LogP contribution is 2.35. The number of rotatable bonds is 4. The molecule has 1 unspecified atom stereocenters. The maximum atomic E-state index is 6.09. The number of nitrogens with zero attached hydrogens (tertiary/aromatic N) is 1. The lowest BCUT2D eigenvalue weighted by atomic mass is 10.0. The van der Waals surface area contributed by atoms with Crippen molar-refractivity contribution in [3.63, 3.8) is 0 Å². The van der Waals surface area contributed by atoms with Crippen molar-refractivity contribution in [2.45, 2.75) is 33.3 Å². The summed E-state index contributed by atoms with van der Waals surface area (Å²) in [4.78, 5) is 2.36. The molecule has 0 saturated heterocycles. The minimum Gasteiger partial charge on any atom is -0.486 e. The predicted octanol–water partition coefficient (Wildman–Crippen LogP) is 2.43. The summed E-state index contributed by atoms with van der Waals surface area (Å²) in [7, 11) is 0. The van der Waals surface area contributed by atoms with E-state index in [1.807, 2.05) is 0 Å². The van der Waals surface area contributed by atoms with E-state index in [-0.39, 0.29) is 6.10 Å². The van der Waals surface area contributed by atoms with E-state index in [2.05, 4.69) is 43.9 Å². The Morgan fingerprint density at radius 1 is 1.44 bits per heavy atom. The molecule has 1 aliphatic heterocycles. The van der Waals surface area contributed by atoms with Crippen molar-refractivity contribution in [1.82, 2.24) is 0 Å². The molecule has 0 fully saturated rings. The van der Waals surface area contributed by atoms with Gasteiger partial charge in [0, 0.05) is 13.1 Å². The fraction of sp³-hybridized carbons (Fsp3) is 0.600. The number of fused-ring (bicyclic) bond motifs is 1. The number of anilines is 1. The first-order chi connectivity index (χ1) is 8.65. The molecule has 1 atom stereocenters. The van der Waals surface area contributed by atoms with E-state index >= 15 is 0 Å². The Morgan fingerprint density at radius 2 is 2.22 bits per heavy atom. The van der Waals surface area contributed by atoms with Crippen LogP contribution in [0.3, 0.4) is 0 Å². The van der Waals surface area contributed by atoms with E-state index < -0.39 is 0 Å². The lowest BCUT2D eigenvalue weighted by molar-refractivity contribution is 0.146. The van der Waals surface area contributed by atoms with Crippen LogP contribution in [0.1, 0.15) is 26.3 Å². The summed E-state index contributed by atoms with van der Waals surface area (Å²) >= 11 is 0. The van der Waals surface area contributed by atoms with Crippen molar-refractivity contribution in [2.75, 3.05) is 24.5 Å². The fourth-order valence-corrected chi connectivity index (χ4v) is 2.36. The average Bonchev–Trinajstić information content (AvgIpc) is 2.38. The van der Waals surface area contributed by atoms with E-state index in [9.17, 15) is 0 Å². The molecule has 0 spiro atoms. The number of nitrogens with two attached hydrogens (primary N) is 1. The van der Waals surface area contributed by atoms with Gasteiger partial charge in [-0.2, -0.15) is 0 Å². The van der Waals surface area contributed by atoms with Gasteiger partial charge in [0.1, 0.15) is 11.9 Å². The molecule has 3 heteroatoms. The van der Waals surface area contributed by atoms with E-state index in [0.717, 1.165) is 25.3 Å². The van der Waals surface area contributed by atoms with Crippen LogP contribution >= 0.6 is 0 Å². The Hall–Kier alpha value is -1.22. The molecule has 1 aromatic rings. The largest absolute Gasteiger partial charge is 0.486 e. The van der Waals surface area contributed by atoms with Crippen molar-refractivity contribution in [2.24, 2.45) is 11.7 Å². The Balaban J connectivity index is 2.31. The molecule has 0 saturated carbocycles. The highest BCUT2D eigenvalue weighted by atomic mass is 16.5. The van der Waals surface area contributed by atoms with Gasteiger partial charge in [0.05, 0.1) is 12.2 Å². The first-order valence-corrected chi connectivity index (χ1v) is 6.90. The molecule has 0 amide bonds. The minimum absolute atomic E-state index is 0.261. The quantitative estimate of drug-likeness (QED) is 0.889. The fourth-order valence-electron chi connectivity index (χ4n) is 2.36. The van der Waals surface area contributed by atoms with Gasteiger partial charge < -0.3 is 15.4 Å². The van der Waals surface area contributed by atoms with E-state index in [4.69, 9.17) is 10.5 Å². The molecule has 1 aromatic carbocycles. The van der Waals surface area contributed by atoms with Gasteiger partial charge in [-0.25, -0.2) is 0 Å². The summed E-state index contributed by atoms with van der Waals surface area (Å²) in [6, 6.07) is 6.50. The zero-order chi connectivity index (χ0) is 13.1. The summed E-state index contributed by atoms with van der Waals surface area (Å²) in [5.74, 6) is 1.52. The van der Waals surface area contributed by atoms with Crippen LogP contribution in [0, 0.1) is 5.92 Å². The van der Waals surface area contributed by atoms with Gasteiger partial charge in [-0.15, -0.1) is 0 Å². The molecule has 18 heavy (non-hydrogen) atoms. The summed E-state index contributed by atoms with van der Waals surface area (Å²) in [5.41, 5.74) is 8.28. The normalized spacial score (nSPS) is 18.7. The molecule has 2 rings (SSSR count). The molecule has 3 nitrogen and oxygen atoms in total. The van der Waals surface area contributed by atoms with Crippen molar-refractivity contribution in [3.05, 3.63) is 23.8 Å². The molecule has 1 aliphatic rings. The number of aryl methyl sites for hydroxylation is 1. The third-order valence-corrected chi connectivity index (χ3v) is 3.59. The Labute approximate surface area is 110 Å². The van der Waals surface area contributed by atoms with Crippen LogP contribution in [0.15, 0.2) is 18.2 Å². The highest BCUT2D eigenvalue weighted by Gasteiger charge is 2.27. The van der Waals surface area contributed by atoms with Gasteiger partial charge >= 0.3 is 0 Å². The molecule has 2 N–H and O–H groups in total. The molecule has 0 aromatic heterocycles. The van der Waals surface area contributed by atoms with E-state index in [1.54, 1.807) is 0 Å². The van der Waals surface area contributed by atoms with Gasteiger partial charge in [0.15, 0.2) is 0 Å². The first-order valence-electron chi connectivity index (χ1n) is 6.90. The predicted molar refractivity (Wildman–Crippen MR) is 76.3 cm³/mol. The third-order valence-electron chi connectivity index (χ3n) is 3.59. The van der Waals surface area contributed by atoms with Crippen LogP contribution in [0.2, 0.25) is 0 Å². The Morgan fingerprint density at radius 3 is 2.83 bits per heavy atom. The van der Waals surface area contributed by atoms with Crippen molar-refractivity contribution in [1.29, 1.82) is 0 Å². The molecule has 1 heterocycles. The maximum absolute atomic E-state index is 6.09. The molecular weight excluding hydrogens is 224 g/mol. The second-order valence-corrected chi connectivity index (χ2v) is 5.29. The number of benzene rings is 1. The van der Waals surface area contributed by atoms with Crippen LogP contribution in [-0.2, 0) is 6.42 Å². The van der Waals surface area contributed by atoms with Crippen molar-refractivity contribution < 1.29 is 4.74 Å². The van der Waals surface area contributed by atoms with Gasteiger partial charge in [-0.3, -0.25) is 0 Å². The monoisotopic (exact) mass is 248 g/mol. The van der Waals surface area contributed by atoms with Crippen LogP contribution < -0.4 is 15.4 Å². The van der Waals surface area contributed by atoms with Gasteiger partial charge in [-0.05, 0) is 30.0 Å². The topological polar surface area (TPSA) is 38.5 Å². The van der Waals surface area contributed by atoms with Crippen molar-refractivity contribution >= 4 is 5.69 Å².